The maximum atomic E-state index is 12.3. The Morgan fingerprint density at radius 1 is 1.35 bits per heavy atom. The number of ether oxygens (including phenoxy) is 1. The van der Waals surface area contributed by atoms with E-state index in [1.54, 1.807) is 4.90 Å². The molecule has 31 heavy (non-hydrogen) atoms. The molecule has 2 unspecified atom stereocenters. The van der Waals surface area contributed by atoms with Crippen LogP contribution in [0.3, 0.4) is 0 Å². The Kier molecular flexibility index (Phi) is 6.75. The first-order chi connectivity index (χ1) is 15.1. The van der Waals surface area contributed by atoms with Gasteiger partial charge in [-0.2, -0.15) is 0 Å². The quantitative estimate of drug-likeness (QED) is 0.590. The fourth-order valence-electron chi connectivity index (χ4n) is 4.54. The molecule has 4 rings (SSSR count). The van der Waals surface area contributed by atoms with Gasteiger partial charge in [0.15, 0.2) is 0 Å². The van der Waals surface area contributed by atoms with Crippen LogP contribution in [0.4, 0.5) is 5.69 Å². The minimum atomic E-state index is -0.591. The van der Waals surface area contributed by atoms with Gasteiger partial charge in [-0.3, -0.25) is 14.9 Å². The molecule has 0 bridgehead atoms. The molecule has 8 nitrogen and oxygen atoms in total. The van der Waals surface area contributed by atoms with E-state index >= 15 is 0 Å². The number of guanidine groups is 1. The van der Waals surface area contributed by atoms with E-state index in [0.29, 0.717) is 37.1 Å². The number of aliphatic imine (C=N–C) groups is 1. The zero-order chi connectivity index (χ0) is 21.8. The molecule has 0 aromatic heterocycles. The topological polar surface area (TPSA) is 103 Å². The maximum absolute atomic E-state index is 12.3. The Hall–Kier alpha value is -2.61. The van der Waals surface area contributed by atoms with Crippen LogP contribution in [0.5, 0.6) is 5.75 Å². The lowest BCUT2D eigenvalue weighted by Crippen LogP contribution is -2.39. The predicted molar refractivity (Wildman–Crippen MR) is 117 cm³/mol. The fourth-order valence-corrected chi connectivity index (χ4v) is 4.54. The molecule has 3 aliphatic rings. The Morgan fingerprint density at radius 3 is 2.90 bits per heavy atom. The van der Waals surface area contributed by atoms with Crippen molar-refractivity contribution >= 4 is 23.5 Å². The van der Waals surface area contributed by atoms with Gasteiger partial charge in [-0.05, 0) is 37.3 Å². The number of hydrogen-bond donors (Lipinski definition) is 3. The second kappa shape index (κ2) is 9.68. The molecule has 2 amide bonds. The van der Waals surface area contributed by atoms with Crippen LogP contribution in [0.1, 0.15) is 63.9 Å². The number of rotatable bonds is 8. The number of nitrogens with one attached hydrogen (secondary N) is 2. The molecule has 1 aliphatic carbocycles. The lowest BCUT2D eigenvalue weighted by Gasteiger charge is -2.27. The molecule has 2 fully saturated rings. The van der Waals surface area contributed by atoms with Crippen LogP contribution in [-0.4, -0.2) is 52.6 Å². The summed E-state index contributed by atoms with van der Waals surface area (Å²) in [6.07, 6.45) is 7.76. The second-order valence-corrected chi connectivity index (χ2v) is 8.63. The molecule has 168 valence electrons. The number of aliphatic hydroxyl groups excluding tert-OH is 1. The van der Waals surface area contributed by atoms with Gasteiger partial charge < -0.3 is 20.1 Å². The molecule has 0 radical (unpaired) electrons. The molecule has 1 aromatic rings. The predicted octanol–water partition coefficient (Wildman–Crippen LogP) is 2.37. The number of aliphatic hydroxyl groups is 1. The zero-order valence-corrected chi connectivity index (χ0v) is 18.1. The van der Waals surface area contributed by atoms with Crippen LogP contribution in [-0.2, 0) is 16.1 Å². The van der Waals surface area contributed by atoms with E-state index in [4.69, 9.17) is 4.74 Å². The number of nitrogens with zero attached hydrogens (tertiary/aromatic N) is 2. The molecular weight excluding hydrogens is 396 g/mol. The SMILES string of the molecule is CCC(CCC(=O)NC1CCCCC1)Oc1ccc2c(c1)N=C1NC(=O)C(CO)N1C2. The first-order valence-corrected chi connectivity index (χ1v) is 11.4. The highest BCUT2D eigenvalue weighted by Crippen LogP contribution is 2.33. The summed E-state index contributed by atoms with van der Waals surface area (Å²) >= 11 is 0. The number of benzene rings is 1. The monoisotopic (exact) mass is 428 g/mol. The summed E-state index contributed by atoms with van der Waals surface area (Å²) in [6, 6.07) is 5.48. The van der Waals surface area contributed by atoms with Crippen LogP contribution in [0.15, 0.2) is 23.2 Å². The summed E-state index contributed by atoms with van der Waals surface area (Å²) < 4.78 is 6.15. The average Bonchev–Trinajstić information content (AvgIpc) is 3.09. The highest BCUT2D eigenvalue weighted by molar-refractivity contribution is 6.07. The van der Waals surface area contributed by atoms with E-state index < -0.39 is 6.04 Å². The lowest BCUT2D eigenvalue weighted by molar-refractivity contribution is -0.123. The van der Waals surface area contributed by atoms with E-state index in [9.17, 15) is 14.7 Å². The van der Waals surface area contributed by atoms with Crippen LogP contribution in [0, 0.1) is 0 Å². The molecule has 0 spiro atoms. The molecule has 2 atom stereocenters. The highest BCUT2D eigenvalue weighted by Gasteiger charge is 2.38. The number of fused-ring (bicyclic) bond motifs is 2. The van der Waals surface area contributed by atoms with Gasteiger partial charge >= 0.3 is 0 Å². The maximum Gasteiger partial charge on any atom is 0.251 e. The molecular formula is C23H32N4O4. The van der Waals surface area contributed by atoms with Gasteiger partial charge in [0.25, 0.3) is 5.91 Å². The fraction of sp³-hybridized carbons (Fsp3) is 0.609. The zero-order valence-electron chi connectivity index (χ0n) is 18.1. The molecule has 2 heterocycles. The standard InChI is InChI=1S/C23H32N4O4/c1-2-17(10-11-21(29)24-16-6-4-3-5-7-16)31-18-9-8-15-13-27-20(14-28)22(30)26-23(27)25-19(15)12-18/h8-9,12,16-17,20,28H,2-7,10-11,13-14H2,1H3,(H,24,29)(H,25,26,30). The van der Waals surface area contributed by atoms with Crippen LogP contribution < -0.4 is 15.4 Å². The molecule has 1 aromatic carbocycles. The summed E-state index contributed by atoms with van der Waals surface area (Å²) in [5.41, 5.74) is 1.73. The van der Waals surface area contributed by atoms with E-state index in [0.717, 1.165) is 30.5 Å². The van der Waals surface area contributed by atoms with E-state index in [-0.39, 0.29) is 24.5 Å². The van der Waals surface area contributed by atoms with Crippen molar-refractivity contribution in [2.45, 2.75) is 83.0 Å². The Bertz CT molecular complexity index is 850. The first-order valence-electron chi connectivity index (χ1n) is 11.4. The molecule has 2 aliphatic heterocycles. The van der Waals surface area contributed by atoms with Gasteiger partial charge in [-0.15, -0.1) is 0 Å². The summed E-state index contributed by atoms with van der Waals surface area (Å²) in [7, 11) is 0. The molecule has 3 N–H and O–H groups in total. The van der Waals surface area contributed by atoms with Crippen molar-refractivity contribution in [3.8, 4) is 5.75 Å². The Labute approximate surface area is 183 Å². The van der Waals surface area contributed by atoms with Crippen molar-refractivity contribution in [3.63, 3.8) is 0 Å². The minimum Gasteiger partial charge on any atom is -0.490 e. The third-order valence-corrected chi connectivity index (χ3v) is 6.40. The highest BCUT2D eigenvalue weighted by atomic mass is 16.5. The number of amides is 2. The van der Waals surface area contributed by atoms with Crippen molar-refractivity contribution < 1.29 is 19.4 Å². The van der Waals surface area contributed by atoms with Gasteiger partial charge in [0.1, 0.15) is 11.8 Å². The normalized spacial score (nSPS) is 21.6. The summed E-state index contributed by atoms with van der Waals surface area (Å²) in [5.74, 6) is 1.06. The van der Waals surface area contributed by atoms with E-state index in [1.807, 2.05) is 18.2 Å². The number of carbonyl (C=O) groups is 2. The van der Waals surface area contributed by atoms with Gasteiger partial charge in [0.05, 0.1) is 18.4 Å². The van der Waals surface area contributed by atoms with Crippen molar-refractivity contribution in [3.05, 3.63) is 23.8 Å². The van der Waals surface area contributed by atoms with Gasteiger partial charge in [-0.1, -0.05) is 32.3 Å². The Balaban J connectivity index is 1.34. The lowest BCUT2D eigenvalue weighted by atomic mass is 9.95. The minimum absolute atomic E-state index is 0.0483. The van der Waals surface area contributed by atoms with Gasteiger partial charge in [0.2, 0.25) is 11.9 Å². The van der Waals surface area contributed by atoms with Crippen LogP contribution in [0.25, 0.3) is 0 Å². The van der Waals surface area contributed by atoms with E-state index in [1.165, 1.54) is 19.3 Å². The first kappa shape index (κ1) is 21.6. The smallest absolute Gasteiger partial charge is 0.251 e. The third-order valence-electron chi connectivity index (χ3n) is 6.40. The van der Waals surface area contributed by atoms with E-state index in [2.05, 4.69) is 22.5 Å². The third kappa shape index (κ3) is 5.01. The summed E-state index contributed by atoms with van der Waals surface area (Å²) in [6.45, 7) is 2.33. The molecule has 1 saturated heterocycles. The second-order valence-electron chi connectivity index (χ2n) is 8.63. The van der Waals surface area contributed by atoms with Crippen molar-refractivity contribution in [2.24, 2.45) is 4.99 Å². The van der Waals surface area contributed by atoms with Crippen molar-refractivity contribution in [1.82, 2.24) is 15.5 Å². The van der Waals surface area contributed by atoms with Crippen LogP contribution in [0.2, 0.25) is 0 Å². The summed E-state index contributed by atoms with van der Waals surface area (Å²) in [5, 5.41) is 15.4. The molecule has 8 heteroatoms. The van der Waals surface area contributed by atoms with Gasteiger partial charge in [0, 0.05) is 25.1 Å². The number of carbonyl (C=O) groups excluding carboxylic acids is 2. The van der Waals surface area contributed by atoms with Gasteiger partial charge in [-0.25, -0.2) is 4.99 Å². The molecule has 1 saturated carbocycles. The Morgan fingerprint density at radius 2 is 2.16 bits per heavy atom. The van der Waals surface area contributed by atoms with Crippen LogP contribution >= 0.6 is 0 Å². The summed E-state index contributed by atoms with van der Waals surface area (Å²) in [4.78, 5) is 30.6. The van der Waals surface area contributed by atoms with Crippen molar-refractivity contribution in [2.75, 3.05) is 6.61 Å². The van der Waals surface area contributed by atoms with Crippen molar-refractivity contribution in [1.29, 1.82) is 0 Å². The average molecular weight is 429 g/mol. The number of hydrogen-bond acceptors (Lipinski definition) is 6. The largest absolute Gasteiger partial charge is 0.490 e.